The van der Waals surface area contributed by atoms with Crippen LogP contribution >= 0.6 is 0 Å². The summed E-state index contributed by atoms with van der Waals surface area (Å²) in [5, 5.41) is 11.6. The molecule has 7 heteroatoms. The first kappa shape index (κ1) is 18.0. The molecular weight excluding hydrogens is 354 g/mol. The van der Waals surface area contributed by atoms with Crippen molar-refractivity contribution in [1.29, 1.82) is 0 Å². The van der Waals surface area contributed by atoms with Crippen LogP contribution in [0, 0.1) is 13.8 Å². The summed E-state index contributed by atoms with van der Waals surface area (Å²) in [4.78, 5) is 16.2. The second kappa shape index (κ2) is 7.72. The zero-order valence-corrected chi connectivity index (χ0v) is 16.1. The summed E-state index contributed by atoms with van der Waals surface area (Å²) in [6, 6.07) is 13.7. The monoisotopic (exact) mass is 377 g/mol. The number of carbonyl (C=O) groups is 1. The van der Waals surface area contributed by atoms with Gasteiger partial charge in [-0.25, -0.2) is 4.79 Å². The number of piperazine rings is 1. The van der Waals surface area contributed by atoms with E-state index in [1.54, 1.807) is 17.0 Å². The van der Waals surface area contributed by atoms with Crippen molar-refractivity contribution in [2.24, 2.45) is 0 Å². The predicted molar refractivity (Wildman–Crippen MR) is 108 cm³/mol. The molecular formula is C21H23N5O2. The standard InChI is InChI=1S/C21H23N5O2/c1-15-5-6-17(16(2)14-15)18-7-8-19(24-23-18)25-9-11-26(12-10-25)21(27)22-20-4-3-13-28-20/h3-8,13-14H,9-12H2,1-2H3,(H,22,27). The topological polar surface area (TPSA) is 74.5 Å². The molecule has 3 aromatic rings. The van der Waals surface area contributed by atoms with Gasteiger partial charge in [0, 0.05) is 37.8 Å². The molecule has 0 bridgehead atoms. The highest BCUT2D eigenvalue weighted by atomic mass is 16.3. The molecule has 0 aliphatic carbocycles. The largest absolute Gasteiger partial charge is 0.449 e. The van der Waals surface area contributed by atoms with Crippen LogP contribution in [0.3, 0.4) is 0 Å². The van der Waals surface area contributed by atoms with Gasteiger partial charge < -0.3 is 14.2 Å². The summed E-state index contributed by atoms with van der Waals surface area (Å²) in [6.45, 7) is 6.83. The molecule has 1 saturated heterocycles. The number of hydrogen-bond acceptors (Lipinski definition) is 5. The third kappa shape index (κ3) is 3.83. The van der Waals surface area contributed by atoms with Crippen LogP contribution in [-0.4, -0.2) is 47.3 Å². The first-order valence-corrected chi connectivity index (χ1v) is 9.36. The van der Waals surface area contributed by atoms with E-state index in [9.17, 15) is 4.79 Å². The van der Waals surface area contributed by atoms with Crippen LogP contribution in [0.4, 0.5) is 16.5 Å². The summed E-state index contributed by atoms with van der Waals surface area (Å²) in [7, 11) is 0. The number of benzene rings is 1. The fourth-order valence-corrected chi connectivity index (χ4v) is 3.41. The summed E-state index contributed by atoms with van der Waals surface area (Å²) >= 11 is 0. The molecule has 7 nitrogen and oxygen atoms in total. The predicted octanol–water partition coefficient (Wildman–Crippen LogP) is 3.71. The second-order valence-corrected chi connectivity index (χ2v) is 6.98. The van der Waals surface area contributed by atoms with Gasteiger partial charge in [0.25, 0.3) is 0 Å². The van der Waals surface area contributed by atoms with Crippen LogP contribution in [0.2, 0.25) is 0 Å². The van der Waals surface area contributed by atoms with E-state index in [1.807, 2.05) is 12.1 Å². The highest BCUT2D eigenvalue weighted by Gasteiger charge is 2.22. The quantitative estimate of drug-likeness (QED) is 0.753. The van der Waals surface area contributed by atoms with E-state index in [-0.39, 0.29) is 6.03 Å². The highest BCUT2D eigenvalue weighted by molar-refractivity contribution is 5.88. The van der Waals surface area contributed by atoms with Crippen molar-refractivity contribution in [2.75, 3.05) is 36.4 Å². The lowest BCUT2D eigenvalue weighted by atomic mass is 10.0. The molecule has 1 N–H and O–H groups in total. The molecule has 0 saturated carbocycles. The smallest absolute Gasteiger partial charge is 0.324 e. The average Bonchev–Trinajstić information content (AvgIpc) is 3.21. The summed E-state index contributed by atoms with van der Waals surface area (Å²) in [5.41, 5.74) is 4.40. The molecule has 0 radical (unpaired) electrons. The number of carbonyl (C=O) groups excluding carboxylic acids is 1. The van der Waals surface area contributed by atoms with Crippen molar-refractivity contribution >= 4 is 17.7 Å². The van der Waals surface area contributed by atoms with Crippen molar-refractivity contribution in [3.8, 4) is 11.3 Å². The summed E-state index contributed by atoms with van der Waals surface area (Å²) in [6.07, 6.45) is 1.54. The average molecular weight is 377 g/mol. The first-order chi connectivity index (χ1) is 13.6. The minimum Gasteiger partial charge on any atom is -0.449 e. The van der Waals surface area contributed by atoms with Crippen molar-refractivity contribution < 1.29 is 9.21 Å². The first-order valence-electron chi connectivity index (χ1n) is 9.36. The molecule has 1 aromatic carbocycles. The normalized spacial score (nSPS) is 14.2. The van der Waals surface area contributed by atoms with E-state index in [0.29, 0.717) is 32.1 Å². The minimum atomic E-state index is -0.147. The van der Waals surface area contributed by atoms with Gasteiger partial charge in [-0.05, 0) is 37.6 Å². The van der Waals surface area contributed by atoms with E-state index >= 15 is 0 Å². The van der Waals surface area contributed by atoms with Gasteiger partial charge in [0.05, 0.1) is 12.0 Å². The second-order valence-electron chi connectivity index (χ2n) is 6.98. The van der Waals surface area contributed by atoms with Gasteiger partial charge in [0.2, 0.25) is 5.88 Å². The summed E-state index contributed by atoms with van der Waals surface area (Å²) < 4.78 is 5.16. The van der Waals surface area contributed by atoms with E-state index in [4.69, 9.17) is 4.42 Å². The molecule has 0 unspecified atom stereocenters. The fourth-order valence-electron chi connectivity index (χ4n) is 3.41. The molecule has 1 fully saturated rings. The van der Waals surface area contributed by atoms with Gasteiger partial charge in [-0.1, -0.05) is 23.8 Å². The lowest BCUT2D eigenvalue weighted by molar-refractivity contribution is 0.207. The fraction of sp³-hybridized carbons (Fsp3) is 0.286. The van der Waals surface area contributed by atoms with E-state index in [2.05, 4.69) is 52.5 Å². The molecule has 3 heterocycles. The molecule has 1 aliphatic rings. The highest BCUT2D eigenvalue weighted by Crippen LogP contribution is 2.23. The Bertz CT molecular complexity index is 945. The van der Waals surface area contributed by atoms with Crippen molar-refractivity contribution in [3.05, 3.63) is 59.9 Å². The van der Waals surface area contributed by atoms with Gasteiger partial charge in [0.1, 0.15) is 0 Å². The van der Waals surface area contributed by atoms with Crippen LogP contribution in [0.5, 0.6) is 0 Å². The lowest BCUT2D eigenvalue weighted by Gasteiger charge is -2.34. The number of amides is 2. The molecule has 28 heavy (non-hydrogen) atoms. The number of hydrogen-bond donors (Lipinski definition) is 1. The van der Waals surface area contributed by atoms with E-state index in [1.165, 1.54) is 17.4 Å². The van der Waals surface area contributed by atoms with Gasteiger partial charge in [-0.15, -0.1) is 10.2 Å². The number of nitrogens with zero attached hydrogens (tertiary/aromatic N) is 4. The maximum atomic E-state index is 12.3. The Morgan fingerprint density at radius 2 is 1.86 bits per heavy atom. The van der Waals surface area contributed by atoms with Crippen LogP contribution in [0.1, 0.15) is 11.1 Å². The van der Waals surface area contributed by atoms with Crippen LogP contribution in [-0.2, 0) is 0 Å². The van der Waals surface area contributed by atoms with Gasteiger partial charge >= 0.3 is 6.03 Å². The molecule has 1 aliphatic heterocycles. The number of furan rings is 1. The Morgan fingerprint density at radius 1 is 1.04 bits per heavy atom. The molecule has 0 spiro atoms. The third-order valence-corrected chi connectivity index (χ3v) is 4.95. The molecule has 2 aromatic heterocycles. The van der Waals surface area contributed by atoms with Crippen molar-refractivity contribution in [1.82, 2.24) is 15.1 Å². The Morgan fingerprint density at radius 3 is 2.50 bits per heavy atom. The van der Waals surface area contributed by atoms with Crippen LogP contribution in [0.25, 0.3) is 11.3 Å². The van der Waals surface area contributed by atoms with Crippen LogP contribution < -0.4 is 10.2 Å². The zero-order valence-electron chi connectivity index (χ0n) is 16.1. The Hall–Kier alpha value is -3.35. The Labute approximate surface area is 164 Å². The summed E-state index contributed by atoms with van der Waals surface area (Å²) in [5.74, 6) is 1.29. The van der Waals surface area contributed by atoms with Gasteiger partial charge in [-0.2, -0.15) is 0 Å². The maximum Gasteiger partial charge on any atom is 0.324 e. The third-order valence-electron chi connectivity index (χ3n) is 4.95. The van der Waals surface area contributed by atoms with Gasteiger partial charge in [0.15, 0.2) is 5.82 Å². The number of aromatic nitrogens is 2. The zero-order chi connectivity index (χ0) is 19.5. The van der Waals surface area contributed by atoms with Gasteiger partial charge in [-0.3, -0.25) is 5.32 Å². The Kier molecular flexibility index (Phi) is 4.97. The maximum absolute atomic E-state index is 12.3. The molecule has 0 atom stereocenters. The SMILES string of the molecule is Cc1ccc(-c2ccc(N3CCN(C(=O)Nc4ccco4)CC3)nn2)c(C)c1. The number of urea groups is 1. The Balaban J connectivity index is 1.37. The molecule has 144 valence electrons. The van der Waals surface area contributed by atoms with Crippen molar-refractivity contribution in [2.45, 2.75) is 13.8 Å². The van der Waals surface area contributed by atoms with Crippen LogP contribution in [0.15, 0.2) is 53.1 Å². The van der Waals surface area contributed by atoms with Crippen molar-refractivity contribution in [3.63, 3.8) is 0 Å². The number of anilines is 2. The number of nitrogens with one attached hydrogen (secondary N) is 1. The van der Waals surface area contributed by atoms with E-state index in [0.717, 1.165) is 17.1 Å². The molecule has 4 rings (SSSR count). The minimum absolute atomic E-state index is 0.147. The van der Waals surface area contributed by atoms with E-state index < -0.39 is 0 Å². The molecule has 2 amide bonds. The number of rotatable bonds is 3. The number of aryl methyl sites for hydroxylation is 2. The lowest BCUT2D eigenvalue weighted by Crippen LogP contribution is -2.50.